The van der Waals surface area contributed by atoms with Crippen molar-refractivity contribution in [2.24, 2.45) is 10.9 Å². The molecule has 5 nitrogen and oxygen atoms in total. The van der Waals surface area contributed by atoms with Crippen molar-refractivity contribution in [2.75, 3.05) is 6.61 Å². The molecule has 5 heteroatoms. The average molecular weight is 231 g/mol. The molecule has 0 aliphatic rings. The number of nitrogens with two attached hydrogens (primary N) is 1. The Morgan fingerprint density at radius 2 is 2.24 bits per heavy atom. The van der Waals surface area contributed by atoms with Gasteiger partial charge in [-0.15, -0.1) is 0 Å². The van der Waals surface area contributed by atoms with Gasteiger partial charge in [0.05, 0.1) is 17.7 Å². The van der Waals surface area contributed by atoms with Crippen molar-refractivity contribution in [2.45, 2.75) is 6.92 Å². The first-order valence-electron chi connectivity index (χ1n) is 5.26. The lowest BCUT2D eigenvalue weighted by Crippen LogP contribution is -2.15. The number of para-hydroxylation sites is 1. The lowest BCUT2D eigenvalue weighted by molar-refractivity contribution is 0.315. The van der Waals surface area contributed by atoms with Crippen molar-refractivity contribution in [1.82, 2.24) is 4.98 Å². The summed E-state index contributed by atoms with van der Waals surface area (Å²) in [5.41, 5.74) is 6.90. The van der Waals surface area contributed by atoms with Crippen LogP contribution in [0.15, 0.2) is 35.5 Å². The standard InChI is InChI=1S/C12H13N3O2/c1-2-17-12-9(11(13)15-16)7-8-5-3-4-6-10(8)14-12/h3-7,16H,2H2,1H3,(H2,13,15). The van der Waals surface area contributed by atoms with Crippen LogP contribution in [0.1, 0.15) is 12.5 Å². The zero-order chi connectivity index (χ0) is 12.3. The van der Waals surface area contributed by atoms with Gasteiger partial charge in [0.25, 0.3) is 0 Å². The van der Waals surface area contributed by atoms with Crippen molar-refractivity contribution in [3.63, 3.8) is 0 Å². The Morgan fingerprint density at radius 1 is 1.47 bits per heavy atom. The minimum Gasteiger partial charge on any atom is -0.477 e. The van der Waals surface area contributed by atoms with Crippen molar-refractivity contribution in [3.05, 3.63) is 35.9 Å². The van der Waals surface area contributed by atoms with E-state index in [1.54, 1.807) is 6.07 Å². The second-order valence-corrected chi connectivity index (χ2v) is 3.45. The van der Waals surface area contributed by atoms with E-state index in [0.29, 0.717) is 18.1 Å². The highest BCUT2D eigenvalue weighted by Gasteiger charge is 2.11. The molecule has 0 unspecified atom stereocenters. The summed E-state index contributed by atoms with van der Waals surface area (Å²) in [6.07, 6.45) is 0. The SMILES string of the molecule is CCOc1nc2ccccc2cc1C(N)=NO. The van der Waals surface area contributed by atoms with Crippen molar-refractivity contribution in [1.29, 1.82) is 0 Å². The molecule has 0 bridgehead atoms. The number of aromatic nitrogens is 1. The van der Waals surface area contributed by atoms with Gasteiger partial charge in [0, 0.05) is 5.39 Å². The van der Waals surface area contributed by atoms with E-state index >= 15 is 0 Å². The fraction of sp³-hybridized carbons (Fsp3) is 0.167. The number of hydrogen-bond acceptors (Lipinski definition) is 4. The van der Waals surface area contributed by atoms with E-state index in [2.05, 4.69) is 10.1 Å². The number of rotatable bonds is 3. The van der Waals surface area contributed by atoms with Crippen molar-refractivity contribution >= 4 is 16.7 Å². The molecule has 0 aliphatic heterocycles. The molecule has 0 spiro atoms. The van der Waals surface area contributed by atoms with Crippen LogP contribution in [0.25, 0.3) is 10.9 Å². The van der Waals surface area contributed by atoms with Crippen LogP contribution in [-0.4, -0.2) is 22.6 Å². The van der Waals surface area contributed by atoms with Crippen LogP contribution >= 0.6 is 0 Å². The summed E-state index contributed by atoms with van der Waals surface area (Å²) >= 11 is 0. The smallest absolute Gasteiger partial charge is 0.225 e. The molecule has 0 aliphatic carbocycles. The summed E-state index contributed by atoms with van der Waals surface area (Å²) in [5, 5.41) is 12.6. The second-order valence-electron chi connectivity index (χ2n) is 3.45. The minimum atomic E-state index is -0.00768. The quantitative estimate of drug-likeness (QED) is 0.365. The summed E-state index contributed by atoms with van der Waals surface area (Å²) in [6, 6.07) is 9.39. The molecule has 0 atom stereocenters. The van der Waals surface area contributed by atoms with Crippen LogP contribution in [0, 0.1) is 0 Å². The fourth-order valence-corrected chi connectivity index (χ4v) is 1.58. The van der Waals surface area contributed by atoms with Gasteiger partial charge in [-0.1, -0.05) is 23.4 Å². The van der Waals surface area contributed by atoms with Gasteiger partial charge in [0.2, 0.25) is 5.88 Å². The summed E-state index contributed by atoms with van der Waals surface area (Å²) in [7, 11) is 0. The molecule has 0 radical (unpaired) electrons. The number of benzene rings is 1. The molecule has 1 aromatic heterocycles. The number of hydrogen-bond donors (Lipinski definition) is 2. The highest BCUT2D eigenvalue weighted by Crippen LogP contribution is 2.22. The lowest BCUT2D eigenvalue weighted by Gasteiger charge is -2.09. The largest absolute Gasteiger partial charge is 0.477 e. The van der Waals surface area contributed by atoms with Gasteiger partial charge in [-0.25, -0.2) is 4.98 Å². The Labute approximate surface area is 98.5 Å². The highest BCUT2D eigenvalue weighted by atomic mass is 16.5. The number of ether oxygens (including phenoxy) is 1. The Hall–Kier alpha value is -2.30. The molecule has 0 amide bonds. The highest BCUT2D eigenvalue weighted by molar-refractivity contribution is 6.02. The van der Waals surface area contributed by atoms with E-state index < -0.39 is 0 Å². The Bertz CT molecular complexity index is 567. The van der Waals surface area contributed by atoms with Gasteiger partial charge >= 0.3 is 0 Å². The molecule has 0 fully saturated rings. The number of oxime groups is 1. The summed E-state index contributed by atoms with van der Waals surface area (Å²) in [5.74, 6) is 0.369. The normalized spacial score (nSPS) is 11.7. The lowest BCUT2D eigenvalue weighted by atomic mass is 10.1. The van der Waals surface area contributed by atoms with Crippen LogP contribution < -0.4 is 10.5 Å². The van der Waals surface area contributed by atoms with Crippen LogP contribution in [0.2, 0.25) is 0 Å². The fourth-order valence-electron chi connectivity index (χ4n) is 1.58. The third-order valence-corrected chi connectivity index (χ3v) is 2.35. The van der Waals surface area contributed by atoms with E-state index in [1.165, 1.54) is 0 Å². The molecule has 2 aromatic rings. The first-order chi connectivity index (χ1) is 8.26. The van der Waals surface area contributed by atoms with Crippen LogP contribution in [0.4, 0.5) is 0 Å². The number of nitrogens with zero attached hydrogens (tertiary/aromatic N) is 2. The molecule has 1 aromatic carbocycles. The second kappa shape index (κ2) is 4.69. The van der Waals surface area contributed by atoms with Gasteiger partial charge in [-0.2, -0.15) is 0 Å². The maximum Gasteiger partial charge on any atom is 0.225 e. The van der Waals surface area contributed by atoms with Crippen molar-refractivity contribution < 1.29 is 9.94 Å². The molecular weight excluding hydrogens is 218 g/mol. The number of fused-ring (bicyclic) bond motifs is 1. The van der Waals surface area contributed by atoms with Gasteiger partial charge in [-0.05, 0) is 19.1 Å². The molecule has 0 saturated carbocycles. The minimum absolute atomic E-state index is 0.00768. The van der Waals surface area contributed by atoms with Gasteiger partial charge in [0.1, 0.15) is 0 Å². The van der Waals surface area contributed by atoms with Gasteiger partial charge < -0.3 is 15.7 Å². The number of pyridine rings is 1. The number of amidine groups is 1. The maximum atomic E-state index is 8.73. The van der Waals surface area contributed by atoms with Crippen molar-refractivity contribution in [3.8, 4) is 5.88 Å². The van der Waals surface area contributed by atoms with Gasteiger partial charge in [0.15, 0.2) is 5.84 Å². The predicted molar refractivity (Wildman–Crippen MR) is 65.4 cm³/mol. The van der Waals surface area contributed by atoms with E-state index in [4.69, 9.17) is 15.7 Å². The maximum absolute atomic E-state index is 8.73. The molecule has 3 N–H and O–H groups in total. The van der Waals surface area contributed by atoms with E-state index in [0.717, 1.165) is 10.9 Å². The molecule has 2 rings (SSSR count). The summed E-state index contributed by atoms with van der Waals surface area (Å²) < 4.78 is 5.39. The zero-order valence-electron chi connectivity index (χ0n) is 9.42. The first-order valence-corrected chi connectivity index (χ1v) is 5.26. The summed E-state index contributed by atoms with van der Waals surface area (Å²) in [4.78, 5) is 4.34. The molecule has 88 valence electrons. The Balaban J connectivity index is 2.66. The molecular formula is C12H13N3O2. The monoisotopic (exact) mass is 231 g/mol. The average Bonchev–Trinajstić information content (AvgIpc) is 2.37. The first kappa shape index (κ1) is 11.2. The van der Waals surface area contributed by atoms with E-state index in [-0.39, 0.29) is 5.84 Å². The Kier molecular flexibility index (Phi) is 3.09. The topological polar surface area (TPSA) is 80.7 Å². The zero-order valence-corrected chi connectivity index (χ0v) is 9.42. The van der Waals surface area contributed by atoms with Crippen LogP contribution in [0.3, 0.4) is 0 Å². The van der Waals surface area contributed by atoms with Crippen LogP contribution in [0.5, 0.6) is 5.88 Å². The summed E-state index contributed by atoms with van der Waals surface area (Å²) in [6.45, 7) is 2.32. The van der Waals surface area contributed by atoms with Crippen LogP contribution in [-0.2, 0) is 0 Å². The predicted octanol–water partition coefficient (Wildman–Crippen LogP) is 1.73. The third kappa shape index (κ3) is 2.13. The molecule has 17 heavy (non-hydrogen) atoms. The van der Waals surface area contributed by atoms with E-state index in [9.17, 15) is 0 Å². The molecule has 1 heterocycles. The third-order valence-electron chi connectivity index (χ3n) is 2.35. The van der Waals surface area contributed by atoms with Gasteiger partial charge in [-0.3, -0.25) is 0 Å². The van der Waals surface area contributed by atoms with E-state index in [1.807, 2.05) is 31.2 Å². The Morgan fingerprint density at radius 3 is 2.94 bits per heavy atom. The molecule has 0 saturated heterocycles.